The van der Waals surface area contributed by atoms with Crippen molar-refractivity contribution in [1.29, 1.82) is 5.26 Å². The van der Waals surface area contributed by atoms with Gasteiger partial charge in [-0.2, -0.15) is 15.0 Å². The maximum Gasteiger partial charge on any atom is 1.00 e. The predicted molar refractivity (Wildman–Crippen MR) is 255 cm³/mol. The monoisotopic (exact) mass is 1040 g/mol. The summed E-state index contributed by atoms with van der Waals surface area (Å²) < 4.78 is 74.0. The Bertz CT molecular complexity index is 3580. The van der Waals surface area contributed by atoms with Crippen LogP contribution in [0, 0.1) is 59.8 Å². The minimum absolute atomic E-state index is 0. The molecule has 8 rings (SSSR count). The van der Waals surface area contributed by atoms with Crippen molar-refractivity contribution < 1.29 is 129 Å². The molecular formula is C46H42K2N10O6S4. The number of thiazole rings is 2. The number of aromatic nitrogens is 5. The van der Waals surface area contributed by atoms with Crippen LogP contribution in [0.3, 0.4) is 0 Å². The van der Waals surface area contributed by atoms with Crippen LogP contribution in [0.15, 0.2) is 86.7 Å². The van der Waals surface area contributed by atoms with Gasteiger partial charge in [-0.3, -0.25) is 4.90 Å². The Morgan fingerprint density at radius 3 is 1.76 bits per heavy atom. The zero-order chi connectivity index (χ0) is 47.8. The van der Waals surface area contributed by atoms with Crippen molar-refractivity contribution in [3.05, 3.63) is 117 Å². The molecule has 8 aromatic rings. The smallest absolute Gasteiger partial charge is 0.744 e. The van der Waals surface area contributed by atoms with E-state index in [4.69, 9.17) is 25.3 Å². The molecule has 16 nitrogen and oxygen atoms in total. The number of nitriles is 1. The van der Waals surface area contributed by atoms with Gasteiger partial charge in [-0.05, 0) is 119 Å². The minimum atomic E-state index is -4.74. The predicted octanol–water partition coefficient (Wildman–Crippen LogP) is 5.26. The molecule has 0 amide bonds. The maximum absolute atomic E-state index is 12.0. The van der Waals surface area contributed by atoms with Gasteiger partial charge in [-0.25, -0.2) is 31.8 Å². The van der Waals surface area contributed by atoms with Gasteiger partial charge in [-0.1, -0.05) is 78.8 Å². The third kappa shape index (κ3) is 11.0. The van der Waals surface area contributed by atoms with E-state index < -0.39 is 30.5 Å². The summed E-state index contributed by atoms with van der Waals surface area (Å²) in [4.78, 5) is 16.0. The first-order chi connectivity index (χ1) is 30.9. The number of benzene rings is 4. The SMILES string of the molecule is Cc1cc(C)c(Nc2nc(N(c3nc4ccc(S(=O)(=O)[O-])cc4s3)c3c(C)cc(C)cc3C)cc(C)c2N=Nc2c(C#N)c(C(C)(C)C)nn2-c2nc3ccc(S(=O)(=O)[O-])cc3s2)c(C)c1.[K+].[K+]. The standard InChI is InChI=1S/C46H44N10O6S4.2K/c1-23-15-25(3)38(26(4)16-23)51-42-39(52-53-43-32(22-47)41(46(8,9)10)54-56(43)45-49-34-14-12-31(66(60,61)62)21-36(34)64-45)27(5)19-37(50-42)55(40-28(6)17-24(2)18-29(40)7)44-48-33-13-11-30(65(57,58)59)20-35(33)63-44;;/h11-21H,1-10H3,(H,50,51)(H,57,58,59)(H,60,61,62);;/q;2*+1/p-2. The third-order valence-electron chi connectivity index (χ3n) is 10.8. The van der Waals surface area contributed by atoms with Crippen molar-refractivity contribution in [2.45, 2.75) is 84.4 Å². The molecule has 0 saturated heterocycles. The first-order valence-corrected chi connectivity index (χ1v) is 24.8. The van der Waals surface area contributed by atoms with Gasteiger partial charge in [0, 0.05) is 11.1 Å². The van der Waals surface area contributed by atoms with Crippen molar-refractivity contribution in [3.63, 3.8) is 0 Å². The Kier molecular flexibility index (Phi) is 16.3. The fourth-order valence-corrected chi connectivity index (χ4v) is 11.1. The molecule has 4 aromatic carbocycles. The number of azo groups is 1. The van der Waals surface area contributed by atoms with E-state index in [-0.39, 0.29) is 124 Å². The number of anilines is 5. The van der Waals surface area contributed by atoms with Crippen LogP contribution in [0.25, 0.3) is 25.6 Å². The number of hydrogen-bond donors (Lipinski definition) is 1. The molecular weight excluding hydrogens is 995 g/mol. The van der Waals surface area contributed by atoms with Crippen LogP contribution in [0.4, 0.5) is 39.6 Å². The first-order valence-electron chi connectivity index (χ1n) is 20.3. The molecule has 338 valence electrons. The molecule has 68 heavy (non-hydrogen) atoms. The van der Waals surface area contributed by atoms with Gasteiger partial charge < -0.3 is 14.4 Å². The molecule has 0 spiro atoms. The molecule has 0 aliphatic rings. The van der Waals surface area contributed by atoms with Crippen LogP contribution in [-0.2, 0) is 25.7 Å². The van der Waals surface area contributed by atoms with Crippen LogP contribution < -0.4 is 113 Å². The number of fused-ring (bicyclic) bond motifs is 2. The van der Waals surface area contributed by atoms with Gasteiger partial charge in [0.05, 0.1) is 41.6 Å². The van der Waals surface area contributed by atoms with Crippen molar-refractivity contribution in [1.82, 2.24) is 24.7 Å². The fourth-order valence-electron chi connectivity index (χ4n) is 7.95. The third-order valence-corrected chi connectivity index (χ3v) is 14.4. The van der Waals surface area contributed by atoms with Crippen molar-refractivity contribution in [3.8, 4) is 11.2 Å². The number of pyridine rings is 1. The molecule has 0 saturated carbocycles. The van der Waals surface area contributed by atoms with E-state index >= 15 is 0 Å². The Balaban J connectivity index is 0.00000381. The number of hydrogen-bond acceptors (Lipinski definition) is 17. The molecule has 0 aliphatic carbocycles. The molecule has 22 heteroatoms. The van der Waals surface area contributed by atoms with E-state index in [1.165, 1.54) is 52.4 Å². The summed E-state index contributed by atoms with van der Waals surface area (Å²) in [6.07, 6.45) is 0. The van der Waals surface area contributed by atoms with Gasteiger partial charge in [0.15, 0.2) is 16.8 Å². The van der Waals surface area contributed by atoms with Crippen molar-refractivity contribution in [2.75, 3.05) is 10.2 Å². The summed E-state index contributed by atoms with van der Waals surface area (Å²) in [7, 11) is -9.47. The van der Waals surface area contributed by atoms with E-state index in [1.54, 1.807) is 0 Å². The van der Waals surface area contributed by atoms with Crippen LogP contribution >= 0.6 is 22.7 Å². The van der Waals surface area contributed by atoms with E-state index in [0.29, 0.717) is 54.1 Å². The number of nitrogens with zero attached hydrogens (tertiary/aromatic N) is 9. The van der Waals surface area contributed by atoms with Crippen molar-refractivity contribution in [2.24, 2.45) is 10.2 Å². The summed E-state index contributed by atoms with van der Waals surface area (Å²) >= 11 is 2.28. The largest absolute Gasteiger partial charge is 1.00 e. The summed E-state index contributed by atoms with van der Waals surface area (Å²) in [6, 6.07) is 20.3. The molecule has 4 aromatic heterocycles. The second-order valence-corrected chi connectivity index (χ2v) is 21.9. The van der Waals surface area contributed by atoms with E-state index in [0.717, 1.165) is 56.1 Å². The second-order valence-electron chi connectivity index (χ2n) is 17.2. The van der Waals surface area contributed by atoms with Gasteiger partial charge in [0.1, 0.15) is 43.4 Å². The summed E-state index contributed by atoms with van der Waals surface area (Å²) in [5.41, 5.74) is 9.22. The van der Waals surface area contributed by atoms with Crippen molar-refractivity contribution >= 4 is 103 Å². The van der Waals surface area contributed by atoms with Gasteiger partial charge in [0.25, 0.3) is 0 Å². The quantitative estimate of drug-likeness (QED) is 0.105. The summed E-state index contributed by atoms with van der Waals surface area (Å²) in [5.74, 6) is 0.814. The topological polar surface area (TPSA) is 235 Å². The summed E-state index contributed by atoms with van der Waals surface area (Å²) in [5, 5.41) is 29.3. The normalized spacial score (nSPS) is 12.0. The maximum atomic E-state index is 12.0. The van der Waals surface area contributed by atoms with Crippen LogP contribution in [0.2, 0.25) is 0 Å². The molecule has 4 heterocycles. The van der Waals surface area contributed by atoms with E-state index in [1.807, 2.05) is 80.2 Å². The van der Waals surface area contributed by atoms with E-state index in [9.17, 15) is 31.2 Å². The number of aryl methyl sites for hydroxylation is 7. The Morgan fingerprint density at radius 1 is 0.706 bits per heavy atom. The molecule has 0 bridgehead atoms. The second kappa shape index (κ2) is 20.5. The van der Waals surface area contributed by atoms with Crippen LogP contribution in [-0.4, -0.2) is 50.7 Å². The Labute approximate surface area is 487 Å². The van der Waals surface area contributed by atoms with Crippen LogP contribution in [0.1, 0.15) is 71.0 Å². The first kappa shape index (κ1) is 54.1. The number of nitrogens with one attached hydrogen (secondary N) is 1. The zero-order valence-corrected chi connectivity index (χ0v) is 49.0. The van der Waals surface area contributed by atoms with Gasteiger partial charge in [-0.15, -0.1) is 10.2 Å². The average molecular weight is 1040 g/mol. The molecule has 0 aliphatic heterocycles. The number of rotatable bonds is 10. The zero-order valence-electron chi connectivity index (χ0n) is 39.5. The Morgan fingerprint density at radius 2 is 1.24 bits per heavy atom. The fraction of sp³-hybridized carbons (Fsp3) is 0.239. The molecule has 0 atom stereocenters. The summed E-state index contributed by atoms with van der Waals surface area (Å²) in [6.45, 7) is 19.6. The van der Waals surface area contributed by atoms with E-state index in [2.05, 4.69) is 40.6 Å². The van der Waals surface area contributed by atoms with Gasteiger partial charge >= 0.3 is 103 Å². The molecule has 1 N–H and O–H groups in total. The van der Waals surface area contributed by atoms with Gasteiger partial charge in [0.2, 0.25) is 5.13 Å². The van der Waals surface area contributed by atoms with Crippen LogP contribution in [0.5, 0.6) is 0 Å². The Hall–Kier alpha value is -3.20. The molecule has 0 radical (unpaired) electrons. The average Bonchev–Trinajstić information content (AvgIpc) is 3.93. The molecule has 0 fully saturated rings. The molecule has 0 unspecified atom stereocenters. The minimum Gasteiger partial charge on any atom is -0.744 e.